The molecule has 3 aromatic carbocycles. The molecule has 156 valence electrons. The Morgan fingerprint density at radius 2 is 1.68 bits per heavy atom. The predicted molar refractivity (Wildman–Crippen MR) is 121 cm³/mol. The van der Waals surface area contributed by atoms with Crippen LogP contribution in [0.2, 0.25) is 0 Å². The van der Waals surface area contributed by atoms with E-state index in [0.717, 1.165) is 22.4 Å². The third-order valence-corrected chi connectivity index (χ3v) is 5.09. The van der Waals surface area contributed by atoms with Gasteiger partial charge in [0, 0.05) is 23.2 Å². The third kappa shape index (κ3) is 5.14. The van der Waals surface area contributed by atoms with E-state index in [1.54, 1.807) is 26.0 Å². The number of fused-ring (bicyclic) bond motifs is 1. The second kappa shape index (κ2) is 8.67. The van der Waals surface area contributed by atoms with E-state index < -0.39 is 5.60 Å². The van der Waals surface area contributed by atoms with Crippen LogP contribution < -0.4 is 4.74 Å². The minimum absolute atomic E-state index is 0.0526. The molecule has 31 heavy (non-hydrogen) atoms. The van der Waals surface area contributed by atoms with Gasteiger partial charge < -0.3 is 14.7 Å². The van der Waals surface area contributed by atoms with Crippen LogP contribution in [0.4, 0.5) is 0 Å². The van der Waals surface area contributed by atoms with Crippen LogP contribution in [0.15, 0.2) is 78.9 Å². The molecule has 0 aliphatic carbocycles. The molecule has 1 heterocycles. The maximum absolute atomic E-state index is 13.4. The largest absolute Gasteiger partial charge is 0.484 e. The van der Waals surface area contributed by atoms with Crippen molar-refractivity contribution in [3.8, 4) is 17.6 Å². The van der Waals surface area contributed by atoms with Crippen molar-refractivity contribution in [1.82, 2.24) is 4.90 Å². The lowest BCUT2D eigenvalue weighted by molar-refractivity contribution is 0.0677. The standard InChI is InChI=1S/C27H25NO3/c1-27(2,30)17-16-20-12-14-22(15-13-20)26(29)28-18-23-10-6-7-11-24(23)31-25(19-28)21-8-4-3-5-9-21/h3-15,25,30H,18-19H2,1-2H3. The Labute approximate surface area is 183 Å². The average molecular weight is 412 g/mol. The molecule has 1 atom stereocenters. The van der Waals surface area contributed by atoms with Crippen LogP contribution in [-0.4, -0.2) is 28.1 Å². The fourth-order valence-corrected chi connectivity index (χ4v) is 3.51. The lowest BCUT2D eigenvalue weighted by Gasteiger charge is -2.24. The van der Waals surface area contributed by atoms with Crippen molar-refractivity contribution >= 4 is 5.91 Å². The summed E-state index contributed by atoms with van der Waals surface area (Å²) in [5, 5.41) is 9.77. The molecule has 4 heteroatoms. The highest BCUT2D eigenvalue weighted by atomic mass is 16.5. The van der Waals surface area contributed by atoms with Gasteiger partial charge in [0.05, 0.1) is 6.54 Å². The van der Waals surface area contributed by atoms with Crippen LogP contribution in [0.3, 0.4) is 0 Å². The van der Waals surface area contributed by atoms with E-state index in [1.807, 2.05) is 71.6 Å². The number of hydrogen-bond donors (Lipinski definition) is 1. The number of hydrogen-bond acceptors (Lipinski definition) is 3. The molecule has 0 saturated heterocycles. The molecule has 1 amide bonds. The van der Waals surface area contributed by atoms with Crippen LogP contribution in [0.25, 0.3) is 0 Å². The van der Waals surface area contributed by atoms with Crippen LogP contribution in [0.1, 0.15) is 47.0 Å². The molecule has 1 aliphatic rings. The Bertz CT molecular complexity index is 1120. The monoisotopic (exact) mass is 411 g/mol. The quantitative estimate of drug-likeness (QED) is 0.628. The normalized spacial score (nSPS) is 15.7. The van der Waals surface area contributed by atoms with Crippen LogP contribution in [-0.2, 0) is 6.54 Å². The molecule has 1 N–H and O–H groups in total. The van der Waals surface area contributed by atoms with E-state index in [9.17, 15) is 9.90 Å². The minimum atomic E-state index is -1.06. The summed E-state index contributed by atoms with van der Waals surface area (Å²) in [6.07, 6.45) is -0.245. The van der Waals surface area contributed by atoms with Gasteiger partial charge in [-0.3, -0.25) is 4.79 Å². The summed E-state index contributed by atoms with van der Waals surface area (Å²) in [6.45, 7) is 4.22. The first-order valence-corrected chi connectivity index (χ1v) is 10.3. The molecular weight excluding hydrogens is 386 g/mol. The summed E-state index contributed by atoms with van der Waals surface area (Å²) in [5.74, 6) is 6.48. The molecule has 0 saturated carbocycles. The zero-order valence-corrected chi connectivity index (χ0v) is 17.7. The molecule has 4 nitrogen and oxygen atoms in total. The molecule has 1 unspecified atom stereocenters. The van der Waals surface area contributed by atoms with E-state index in [2.05, 4.69) is 11.8 Å². The highest BCUT2D eigenvalue weighted by Gasteiger charge is 2.27. The molecular formula is C27H25NO3. The molecule has 0 fully saturated rings. The zero-order valence-electron chi connectivity index (χ0n) is 17.7. The van der Waals surface area contributed by atoms with Crippen LogP contribution >= 0.6 is 0 Å². The summed E-state index contributed by atoms with van der Waals surface area (Å²) < 4.78 is 6.31. The first-order valence-electron chi connectivity index (χ1n) is 10.3. The van der Waals surface area contributed by atoms with Gasteiger partial charge in [0.15, 0.2) is 0 Å². The number of amides is 1. The second-order valence-electron chi connectivity index (χ2n) is 8.20. The van der Waals surface area contributed by atoms with Crippen molar-refractivity contribution in [3.05, 3.63) is 101 Å². The molecule has 1 aliphatic heterocycles. The van der Waals surface area contributed by atoms with Crippen molar-refractivity contribution in [2.75, 3.05) is 6.54 Å². The Morgan fingerprint density at radius 3 is 2.39 bits per heavy atom. The van der Waals surface area contributed by atoms with E-state index in [4.69, 9.17) is 4.74 Å². The fraction of sp³-hybridized carbons (Fsp3) is 0.222. The Balaban J connectivity index is 1.61. The first-order chi connectivity index (χ1) is 14.9. The summed E-state index contributed by atoms with van der Waals surface area (Å²) in [5.41, 5.74) is 2.32. The van der Waals surface area contributed by atoms with Crippen LogP contribution in [0, 0.1) is 11.8 Å². The maximum Gasteiger partial charge on any atom is 0.254 e. The lowest BCUT2D eigenvalue weighted by Crippen LogP contribution is -2.34. The smallest absolute Gasteiger partial charge is 0.254 e. The van der Waals surface area contributed by atoms with Crippen molar-refractivity contribution in [3.63, 3.8) is 0 Å². The number of rotatable bonds is 2. The Kier molecular flexibility index (Phi) is 5.79. The van der Waals surface area contributed by atoms with Gasteiger partial charge in [-0.2, -0.15) is 0 Å². The van der Waals surface area contributed by atoms with Crippen molar-refractivity contribution in [2.45, 2.75) is 32.1 Å². The maximum atomic E-state index is 13.4. The van der Waals surface area contributed by atoms with Crippen molar-refractivity contribution in [1.29, 1.82) is 0 Å². The molecule has 0 radical (unpaired) electrons. The van der Waals surface area contributed by atoms with E-state index in [0.29, 0.717) is 18.7 Å². The van der Waals surface area contributed by atoms with Gasteiger partial charge in [0.2, 0.25) is 0 Å². The van der Waals surface area contributed by atoms with Gasteiger partial charge >= 0.3 is 0 Å². The lowest BCUT2D eigenvalue weighted by atomic mass is 10.1. The fourth-order valence-electron chi connectivity index (χ4n) is 3.51. The molecule has 0 aromatic heterocycles. The van der Waals surface area contributed by atoms with Gasteiger partial charge in [-0.1, -0.05) is 60.4 Å². The summed E-state index contributed by atoms with van der Waals surface area (Å²) >= 11 is 0. The molecule has 3 aromatic rings. The van der Waals surface area contributed by atoms with Gasteiger partial charge in [-0.25, -0.2) is 0 Å². The third-order valence-electron chi connectivity index (χ3n) is 5.09. The van der Waals surface area contributed by atoms with E-state index >= 15 is 0 Å². The first kappa shape index (κ1) is 20.7. The van der Waals surface area contributed by atoms with E-state index in [-0.39, 0.29) is 12.0 Å². The summed E-state index contributed by atoms with van der Waals surface area (Å²) in [6, 6.07) is 25.0. The minimum Gasteiger partial charge on any atom is -0.484 e. The number of nitrogens with zero attached hydrogens (tertiary/aromatic N) is 1. The molecule has 0 bridgehead atoms. The average Bonchev–Trinajstić information content (AvgIpc) is 2.97. The van der Waals surface area contributed by atoms with Gasteiger partial charge in [0.25, 0.3) is 5.91 Å². The predicted octanol–water partition coefficient (Wildman–Crippen LogP) is 4.59. The van der Waals surface area contributed by atoms with Crippen LogP contribution in [0.5, 0.6) is 5.75 Å². The van der Waals surface area contributed by atoms with Gasteiger partial charge in [0.1, 0.15) is 17.5 Å². The summed E-state index contributed by atoms with van der Waals surface area (Å²) in [4.78, 5) is 15.2. The molecule has 4 rings (SSSR count). The number of carbonyl (C=O) groups is 1. The SMILES string of the molecule is CC(C)(O)C#Cc1ccc(C(=O)N2Cc3ccccc3OC(c3ccccc3)C2)cc1. The van der Waals surface area contributed by atoms with Gasteiger partial charge in [-0.15, -0.1) is 0 Å². The number of ether oxygens (including phenoxy) is 1. The number of carbonyl (C=O) groups excluding carboxylic acids is 1. The topological polar surface area (TPSA) is 49.8 Å². The van der Waals surface area contributed by atoms with E-state index in [1.165, 1.54) is 0 Å². The Hall–Kier alpha value is -3.55. The highest BCUT2D eigenvalue weighted by Crippen LogP contribution is 2.31. The Morgan fingerprint density at radius 1 is 1.00 bits per heavy atom. The van der Waals surface area contributed by atoms with Crippen molar-refractivity contribution in [2.24, 2.45) is 0 Å². The number of para-hydroxylation sites is 1. The highest BCUT2D eigenvalue weighted by molar-refractivity contribution is 5.94. The van der Waals surface area contributed by atoms with Gasteiger partial charge in [-0.05, 0) is 49.7 Å². The zero-order chi connectivity index (χ0) is 21.8. The number of benzene rings is 3. The number of aliphatic hydroxyl groups is 1. The second-order valence-corrected chi connectivity index (χ2v) is 8.20. The van der Waals surface area contributed by atoms with Crippen molar-refractivity contribution < 1.29 is 14.6 Å². The molecule has 0 spiro atoms. The summed E-state index contributed by atoms with van der Waals surface area (Å²) in [7, 11) is 0.